The van der Waals surface area contributed by atoms with E-state index in [9.17, 15) is 4.79 Å². The first-order valence-electron chi connectivity index (χ1n) is 4.95. The molecule has 1 aromatic heterocycles. The molecule has 0 aromatic carbocycles. The van der Waals surface area contributed by atoms with Crippen molar-refractivity contribution in [1.82, 2.24) is 10.6 Å². The van der Waals surface area contributed by atoms with Gasteiger partial charge in [-0.2, -0.15) is 11.3 Å². The minimum atomic E-state index is -0.211. The van der Waals surface area contributed by atoms with Crippen molar-refractivity contribution in [1.29, 1.82) is 0 Å². The van der Waals surface area contributed by atoms with Gasteiger partial charge >= 0.3 is 6.03 Å². The van der Waals surface area contributed by atoms with Crippen LogP contribution in [0.3, 0.4) is 0 Å². The summed E-state index contributed by atoms with van der Waals surface area (Å²) in [6.07, 6.45) is 1.53. The summed E-state index contributed by atoms with van der Waals surface area (Å²) in [5, 5.41) is 9.37. The minimum absolute atomic E-state index is 0.0965. The third kappa shape index (κ3) is 4.04. The number of methoxy groups -OCH3 is 1. The van der Waals surface area contributed by atoms with Crippen molar-refractivity contribution in [3.63, 3.8) is 0 Å². The van der Waals surface area contributed by atoms with Crippen LogP contribution in [0.5, 0.6) is 0 Å². The molecule has 0 saturated heterocycles. The van der Waals surface area contributed by atoms with Crippen LogP contribution in [0.4, 0.5) is 4.79 Å². The molecule has 0 bridgehead atoms. The largest absolute Gasteiger partial charge is 0.375 e. The number of carbonyl (C=O) groups is 1. The first kappa shape index (κ1) is 12.7. The number of hydrogen-bond donors (Lipinski definition) is 2. The van der Waals surface area contributed by atoms with Crippen molar-refractivity contribution in [2.75, 3.05) is 20.2 Å². The molecule has 0 aliphatic carbocycles. The summed E-state index contributed by atoms with van der Waals surface area (Å²) >= 11 is 1.61. The maximum Gasteiger partial charge on any atom is 0.315 e. The molecule has 2 amide bonds. The van der Waals surface area contributed by atoms with Gasteiger partial charge in [-0.3, -0.25) is 0 Å². The Morgan fingerprint density at radius 1 is 1.69 bits per heavy atom. The van der Waals surface area contributed by atoms with Crippen LogP contribution < -0.4 is 10.6 Å². The Morgan fingerprint density at radius 2 is 2.50 bits per heavy atom. The molecule has 0 aliphatic rings. The van der Waals surface area contributed by atoms with Crippen molar-refractivity contribution >= 4 is 17.4 Å². The zero-order chi connectivity index (χ0) is 11.8. The molecule has 1 rings (SSSR count). The molecular weight excluding hydrogens is 224 g/mol. The molecule has 16 heavy (non-hydrogen) atoms. The fraction of sp³-hybridized carbons (Fsp3) is 0.364. The first-order chi connectivity index (χ1) is 7.77. The summed E-state index contributed by atoms with van der Waals surface area (Å²) < 4.78 is 5.29. The molecule has 88 valence electrons. The van der Waals surface area contributed by atoms with Crippen LogP contribution in [0, 0.1) is 0 Å². The van der Waals surface area contributed by atoms with Gasteiger partial charge in [0.1, 0.15) is 6.10 Å². The second kappa shape index (κ2) is 7.03. The first-order valence-corrected chi connectivity index (χ1v) is 5.89. The normalized spacial score (nSPS) is 11.8. The lowest BCUT2D eigenvalue weighted by molar-refractivity contribution is 0.104. The number of rotatable bonds is 6. The maximum atomic E-state index is 11.3. The fourth-order valence-electron chi connectivity index (χ4n) is 1.21. The quantitative estimate of drug-likeness (QED) is 0.746. The molecule has 1 atom stereocenters. The second-order valence-corrected chi connectivity index (χ2v) is 3.94. The smallest absolute Gasteiger partial charge is 0.315 e. The maximum absolute atomic E-state index is 11.3. The lowest BCUT2D eigenvalue weighted by Crippen LogP contribution is -2.38. The number of urea groups is 1. The van der Waals surface area contributed by atoms with Crippen LogP contribution >= 0.6 is 11.3 Å². The molecule has 1 unspecified atom stereocenters. The minimum Gasteiger partial charge on any atom is -0.375 e. The molecule has 0 saturated carbocycles. The molecule has 1 aromatic rings. The SMILES string of the molecule is C=CCNC(=O)NCC(OC)c1ccsc1. The van der Waals surface area contributed by atoms with Crippen molar-refractivity contribution in [3.05, 3.63) is 35.0 Å². The highest BCUT2D eigenvalue weighted by Gasteiger charge is 2.11. The lowest BCUT2D eigenvalue weighted by Gasteiger charge is -2.15. The van der Waals surface area contributed by atoms with E-state index >= 15 is 0 Å². The van der Waals surface area contributed by atoms with Gasteiger partial charge in [-0.25, -0.2) is 4.79 Å². The van der Waals surface area contributed by atoms with Gasteiger partial charge in [0, 0.05) is 20.2 Å². The summed E-state index contributed by atoms with van der Waals surface area (Å²) in [6, 6.07) is 1.78. The number of amides is 2. The number of thiophene rings is 1. The monoisotopic (exact) mass is 240 g/mol. The summed E-state index contributed by atoms with van der Waals surface area (Å²) in [6.45, 7) is 4.43. The van der Waals surface area contributed by atoms with Crippen molar-refractivity contribution in [2.24, 2.45) is 0 Å². The predicted molar refractivity (Wildman–Crippen MR) is 65.7 cm³/mol. The predicted octanol–water partition coefficient (Wildman–Crippen LogP) is 1.92. The molecule has 0 radical (unpaired) electrons. The van der Waals surface area contributed by atoms with Crippen molar-refractivity contribution in [3.8, 4) is 0 Å². The Labute approximate surface area is 99.3 Å². The van der Waals surface area contributed by atoms with Crippen LogP contribution in [0.25, 0.3) is 0 Å². The van der Waals surface area contributed by atoms with E-state index in [-0.39, 0.29) is 12.1 Å². The Hall–Kier alpha value is -1.33. The molecule has 2 N–H and O–H groups in total. The lowest BCUT2D eigenvalue weighted by atomic mass is 10.2. The Morgan fingerprint density at radius 3 is 3.06 bits per heavy atom. The molecule has 0 fully saturated rings. The van der Waals surface area contributed by atoms with Crippen LogP contribution in [0.1, 0.15) is 11.7 Å². The van der Waals surface area contributed by atoms with E-state index in [4.69, 9.17) is 4.74 Å². The van der Waals surface area contributed by atoms with E-state index in [1.165, 1.54) is 0 Å². The molecule has 1 heterocycles. The highest BCUT2D eigenvalue weighted by Crippen LogP contribution is 2.18. The summed E-state index contributed by atoms with van der Waals surface area (Å²) in [4.78, 5) is 11.3. The summed E-state index contributed by atoms with van der Waals surface area (Å²) in [5.74, 6) is 0. The van der Waals surface area contributed by atoms with E-state index in [1.807, 2.05) is 16.8 Å². The molecule has 4 nitrogen and oxygen atoms in total. The summed E-state index contributed by atoms with van der Waals surface area (Å²) in [7, 11) is 1.63. The number of ether oxygens (including phenoxy) is 1. The Bertz CT molecular complexity index is 325. The Kier molecular flexibility index (Phi) is 5.60. The number of carbonyl (C=O) groups excluding carboxylic acids is 1. The average molecular weight is 240 g/mol. The van der Waals surface area contributed by atoms with Gasteiger partial charge in [0.25, 0.3) is 0 Å². The topological polar surface area (TPSA) is 50.4 Å². The van der Waals surface area contributed by atoms with Gasteiger partial charge in [0.2, 0.25) is 0 Å². The zero-order valence-corrected chi connectivity index (χ0v) is 10.0. The molecule has 0 aliphatic heterocycles. The van der Waals surface area contributed by atoms with Crippen LogP contribution in [0.2, 0.25) is 0 Å². The van der Waals surface area contributed by atoms with E-state index in [2.05, 4.69) is 17.2 Å². The number of hydrogen-bond acceptors (Lipinski definition) is 3. The summed E-state index contributed by atoms with van der Waals surface area (Å²) in [5.41, 5.74) is 1.08. The van der Waals surface area contributed by atoms with E-state index < -0.39 is 0 Å². The molecule has 0 spiro atoms. The molecule has 5 heteroatoms. The van der Waals surface area contributed by atoms with Gasteiger partial charge in [-0.1, -0.05) is 6.08 Å². The van der Waals surface area contributed by atoms with Crippen molar-refractivity contribution < 1.29 is 9.53 Å². The van der Waals surface area contributed by atoms with E-state index in [1.54, 1.807) is 24.5 Å². The zero-order valence-electron chi connectivity index (χ0n) is 9.23. The number of nitrogens with one attached hydrogen (secondary N) is 2. The van der Waals surface area contributed by atoms with Gasteiger partial charge in [-0.05, 0) is 22.4 Å². The standard InChI is InChI=1S/C11H16N2O2S/c1-3-5-12-11(14)13-7-10(15-2)9-4-6-16-8-9/h3-4,6,8,10H,1,5,7H2,2H3,(H2,12,13,14). The molecular formula is C11H16N2O2S. The van der Waals surface area contributed by atoms with Gasteiger partial charge in [0.15, 0.2) is 0 Å². The van der Waals surface area contributed by atoms with Crippen LogP contribution in [-0.2, 0) is 4.74 Å². The average Bonchev–Trinajstić information content (AvgIpc) is 2.81. The van der Waals surface area contributed by atoms with E-state index in [0.29, 0.717) is 13.1 Å². The van der Waals surface area contributed by atoms with Gasteiger partial charge < -0.3 is 15.4 Å². The van der Waals surface area contributed by atoms with Gasteiger partial charge in [-0.15, -0.1) is 6.58 Å². The van der Waals surface area contributed by atoms with E-state index in [0.717, 1.165) is 5.56 Å². The third-order valence-electron chi connectivity index (χ3n) is 2.05. The highest BCUT2D eigenvalue weighted by atomic mass is 32.1. The highest BCUT2D eigenvalue weighted by molar-refractivity contribution is 7.07. The third-order valence-corrected chi connectivity index (χ3v) is 2.76. The van der Waals surface area contributed by atoms with Crippen LogP contribution in [-0.4, -0.2) is 26.2 Å². The second-order valence-electron chi connectivity index (χ2n) is 3.16. The Balaban J connectivity index is 2.34. The van der Waals surface area contributed by atoms with Gasteiger partial charge in [0.05, 0.1) is 0 Å². The van der Waals surface area contributed by atoms with Crippen molar-refractivity contribution in [2.45, 2.75) is 6.10 Å². The van der Waals surface area contributed by atoms with Crippen LogP contribution in [0.15, 0.2) is 29.5 Å². The fourth-order valence-corrected chi connectivity index (χ4v) is 1.91.